The summed E-state index contributed by atoms with van der Waals surface area (Å²) in [5.41, 5.74) is 3.34. The predicted molar refractivity (Wildman–Crippen MR) is 138 cm³/mol. The van der Waals surface area contributed by atoms with Gasteiger partial charge in [0, 0.05) is 18.1 Å². The van der Waals surface area contributed by atoms with Crippen molar-refractivity contribution in [3.8, 4) is 11.4 Å². The maximum Gasteiger partial charge on any atom is 0.329 e. The number of amides is 2. The number of carbonyl (C=O) groups excluding carboxylic acids is 1. The van der Waals surface area contributed by atoms with Crippen molar-refractivity contribution in [1.82, 2.24) is 19.6 Å². The van der Waals surface area contributed by atoms with Crippen LogP contribution in [0.4, 0.5) is 4.79 Å². The standard InChI is InChI=1S/C27H28N4O4S/c1-19-9-7-8-12-25(19)36(33,34)30-27(32)29-23(18-21-10-5-4-6-11-21)26-28-15-16-31(26)24-14-13-22(35-3)17-20(24)2/h4-17,23H,18H2,1-3H3,(H2,29,30,32). The van der Waals surface area contributed by atoms with Gasteiger partial charge in [-0.15, -0.1) is 0 Å². The number of ether oxygens (including phenoxy) is 1. The molecule has 0 aliphatic rings. The van der Waals surface area contributed by atoms with Crippen molar-refractivity contribution in [2.24, 2.45) is 0 Å². The molecule has 1 aromatic heterocycles. The van der Waals surface area contributed by atoms with E-state index >= 15 is 0 Å². The van der Waals surface area contributed by atoms with E-state index in [1.807, 2.05) is 66.2 Å². The third kappa shape index (κ3) is 5.58. The number of rotatable bonds is 8. The van der Waals surface area contributed by atoms with E-state index in [4.69, 9.17) is 4.74 Å². The van der Waals surface area contributed by atoms with Gasteiger partial charge in [-0.2, -0.15) is 0 Å². The molecule has 4 rings (SSSR count). The molecule has 186 valence electrons. The molecule has 36 heavy (non-hydrogen) atoms. The van der Waals surface area contributed by atoms with Gasteiger partial charge in [0.25, 0.3) is 10.0 Å². The molecule has 0 fully saturated rings. The minimum Gasteiger partial charge on any atom is -0.497 e. The van der Waals surface area contributed by atoms with Gasteiger partial charge in [-0.3, -0.25) is 0 Å². The number of aryl methyl sites for hydroxylation is 2. The second-order valence-electron chi connectivity index (χ2n) is 8.39. The largest absolute Gasteiger partial charge is 0.497 e. The van der Waals surface area contributed by atoms with Crippen LogP contribution in [0.15, 0.2) is 90.1 Å². The van der Waals surface area contributed by atoms with Crippen LogP contribution < -0.4 is 14.8 Å². The number of carbonyl (C=O) groups is 1. The zero-order valence-electron chi connectivity index (χ0n) is 20.3. The van der Waals surface area contributed by atoms with E-state index in [-0.39, 0.29) is 4.90 Å². The van der Waals surface area contributed by atoms with E-state index in [2.05, 4.69) is 15.0 Å². The first-order valence-electron chi connectivity index (χ1n) is 11.4. The average Bonchev–Trinajstić information content (AvgIpc) is 3.33. The monoisotopic (exact) mass is 504 g/mol. The molecule has 1 heterocycles. The Bertz CT molecular complexity index is 1470. The molecule has 0 spiro atoms. The lowest BCUT2D eigenvalue weighted by molar-refractivity contribution is 0.241. The number of nitrogens with zero attached hydrogens (tertiary/aromatic N) is 2. The number of methoxy groups -OCH3 is 1. The summed E-state index contributed by atoms with van der Waals surface area (Å²) in [6.45, 7) is 3.64. The summed E-state index contributed by atoms with van der Waals surface area (Å²) in [6.07, 6.45) is 3.87. The molecule has 0 aliphatic carbocycles. The lowest BCUT2D eigenvalue weighted by atomic mass is 10.0. The van der Waals surface area contributed by atoms with Gasteiger partial charge in [-0.05, 0) is 61.2 Å². The third-order valence-electron chi connectivity index (χ3n) is 5.84. The summed E-state index contributed by atoms with van der Waals surface area (Å²) in [4.78, 5) is 17.6. The van der Waals surface area contributed by atoms with Gasteiger partial charge in [0.1, 0.15) is 11.6 Å². The quantitative estimate of drug-likeness (QED) is 0.369. The molecule has 3 aromatic carbocycles. The fourth-order valence-electron chi connectivity index (χ4n) is 4.08. The number of imidazole rings is 1. The lowest BCUT2D eigenvalue weighted by Crippen LogP contribution is -2.42. The highest BCUT2D eigenvalue weighted by molar-refractivity contribution is 7.90. The van der Waals surface area contributed by atoms with Gasteiger partial charge in [0.15, 0.2) is 0 Å². The molecule has 0 bridgehead atoms. The normalized spacial score (nSPS) is 12.1. The van der Waals surface area contributed by atoms with Crippen LogP contribution in [0, 0.1) is 13.8 Å². The highest BCUT2D eigenvalue weighted by atomic mass is 32.2. The van der Waals surface area contributed by atoms with E-state index < -0.39 is 22.1 Å². The fourth-order valence-corrected chi connectivity index (χ4v) is 5.24. The van der Waals surface area contributed by atoms with E-state index in [0.29, 0.717) is 17.8 Å². The van der Waals surface area contributed by atoms with Crippen LogP contribution in [0.3, 0.4) is 0 Å². The Balaban J connectivity index is 1.66. The highest BCUT2D eigenvalue weighted by Gasteiger charge is 2.25. The van der Waals surface area contributed by atoms with Gasteiger partial charge in [0.05, 0.1) is 18.0 Å². The van der Waals surface area contributed by atoms with Crippen molar-refractivity contribution in [3.05, 3.63) is 108 Å². The van der Waals surface area contributed by atoms with Crippen LogP contribution in [0.25, 0.3) is 5.69 Å². The Labute approximate surface area is 211 Å². The second kappa shape index (κ2) is 10.7. The van der Waals surface area contributed by atoms with Crippen molar-refractivity contribution in [2.75, 3.05) is 7.11 Å². The third-order valence-corrected chi connectivity index (χ3v) is 7.33. The minimum absolute atomic E-state index is 0.0510. The molecule has 0 saturated carbocycles. The molecule has 0 aliphatic heterocycles. The van der Waals surface area contributed by atoms with Crippen molar-refractivity contribution in [3.63, 3.8) is 0 Å². The van der Waals surface area contributed by atoms with Crippen LogP contribution in [0.5, 0.6) is 5.75 Å². The Morgan fingerprint density at radius 2 is 1.72 bits per heavy atom. The molecule has 1 unspecified atom stereocenters. The number of urea groups is 1. The first-order chi connectivity index (χ1) is 17.3. The van der Waals surface area contributed by atoms with Gasteiger partial charge < -0.3 is 14.6 Å². The highest BCUT2D eigenvalue weighted by Crippen LogP contribution is 2.25. The van der Waals surface area contributed by atoms with Crippen molar-refractivity contribution >= 4 is 16.1 Å². The van der Waals surface area contributed by atoms with Gasteiger partial charge >= 0.3 is 6.03 Å². The van der Waals surface area contributed by atoms with Gasteiger partial charge in [-0.1, -0.05) is 48.5 Å². The zero-order valence-corrected chi connectivity index (χ0v) is 21.1. The Hall–Kier alpha value is -4.11. The summed E-state index contributed by atoms with van der Waals surface area (Å²) in [7, 11) is -2.45. The minimum atomic E-state index is -4.06. The van der Waals surface area contributed by atoms with Crippen LogP contribution in [-0.2, 0) is 16.4 Å². The number of benzene rings is 3. The predicted octanol–water partition coefficient (Wildman–Crippen LogP) is 4.47. The van der Waals surface area contributed by atoms with Crippen molar-refractivity contribution in [2.45, 2.75) is 31.2 Å². The maximum absolute atomic E-state index is 13.0. The molecule has 8 nitrogen and oxygen atoms in total. The van der Waals surface area contributed by atoms with E-state index in [9.17, 15) is 13.2 Å². The van der Waals surface area contributed by atoms with E-state index in [1.165, 1.54) is 6.07 Å². The molecule has 1 atom stereocenters. The molecule has 9 heteroatoms. The van der Waals surface area contributed by atoms with E-state index in [1.54, 1.807) is 38.4 Å². The molecule has 0 saturated heterocycles. The average molecular weight is 505 g/mol. The van der Waals surface area contributed by atoms with E-state index in [0.717, 1.165) is 22.6 Å². The number of aromatic nitrogens is 2. The molecule has 0 radical (unpaired) electrons. The van der Waals surface area contributed by atoms with Crippen molar-refractivity contribution < 1.29 is 17.9 Å². The second-order valence-corrected chi connectivity index (χ2v) is 10.0. The number of sulfonamides is 1. The Morgan fingerprint density at radius 3 is 2.42 bits per heavy atom. The van der Waals surface area contributed by atoms with Crippen LogP contribution >= 0.6 is 0 Å². The molecule has 2 amide bonds. The van der Waals surface area contributed by atoms with Gasteiger partial charge in [-0.25, -0.2) is 22.9 Å². The Kier molecular flexibility index (Phi) is 7.40. The molecule has 2 N–H and O–H groups in total. The number of hydrogen-bond acceptors (Lipinski definition) is 5. The summed E-state index contributed by atoms with van der Waals surface area (Å²) < 4.78 is 35.1. The Morgan fingerprint density at radius 1 is 1.00 bits per heavy atom. The van der Waals surface area contributed by atoms with Gasteiger partial charge in [0.2, 0.25) is 0 Å². The van der Waals surface area contributed by atoms with Crippen molar-refractivity contribution in [1.29, 1.82) is 0 Å². The first kappa shape index (κ1) is 25.0. The fraction of sp³-hybridized carbons (Fsp3) is 0.185. The smallest absolute Gasteiger partial charge is 0.329 e. The number of hydrogen-bond donors (Lipinski definition) is 2. The topological polar surface area (TPSA) is 102 Å². The zero-order chi connectivity index (χ0) is 25.7. The summed E-state index contributed by atoms with van der Waals surface area (Å²) in [5.74, 6) is 1.30. The van der Waals surface area contributed by atoms with Crippen LogP contribution in [0.2, 0.25) is 0 Å². The maximum atomic E-state index is 13.0. The summed E-state index contributed by atoms with van der Waals surface area (Å²) in [6, 6.07) is 20.4. The van der Waals surface area contributed by atoms with Crippen LogP contribution in [-0.4, -0.2) is 31.1 Å². The lowest BCUT2D eigenvalue weighted by Gasteiger charge is -2.21. The molecule has 4 aromatic rings. The summed E-state index contributed by atoms with van der Waals surface area (Å²) in [5, 5.41) is 2.83. The molecular weight excluding hydrogens is 476 g/mol. The van der Waals surface area contributed by atoms with Crippen LogP contribution in [0.1, 0.15) is 28.6 Å². The number of nitrogens with one attached hydrogen (secondary N) is 2. The first-order valence-corrected chi connectivity index (χ1v) is 12.9. The molecular formula is C27H28N4O4S. The SMILES string of the molecule is COc1ccc(-n2ccnc2C(Cc2ccccc2)NC(=O)NS(=O)(=O)c2ccccc2C)c(C)c1. The summed E-state index contributed by atoms with van der Waals surface area (Å²) >= 11 is 0.